The van der Waals surface area contributed by atoms with Crippen LogP contribution in [-0.4, -0.2) is 5.91 Å². The first kappa shape index (κ1) is 20.4. The Morgan fingerprint density at radius 1 is 0.833 bits per heavy atom. The van der Waals surface area contributed by atoms with Crippen molar-refractivity contribution in [3.63, 3.8) is 0 Å². The molecule has 1 aliphatic heterocycles. The van der Waals surface area contributed by atoms with Gasteiger partial charge in [0, 0.05) is 15.8 Å². The molecule has 0 bridgehead atoms. The molecule has 0 radical (unpaired) electrons. The van der Waals surface area contributed by atoms with E-state index in [0.29, 0.717) is 5.70 Å². The molecule has 0 aliphatic carbocycles. The maximum atomic E-state index is 13.4. The van der Waals surface area contributed by atoms with Gasteiger partial charge in [-0.15, -0.1) is 0 Å². The second-order valence-electron chi connectivity index (χ2n) is 7.45. The zero-order valence-electron chi connectivity index (χ0n) is 17.2. The van der Waals surface area contributed by atoms with E-state index in [-0.39, 0.29) is 11.9 Å². The van der Waals surface area contributed by atoms with Crippen molar-refractivity contribution in [2.24, 2.45) is 0 Å². The third-order valence-corrected chi connectivity index (χ3v) is 6.06. The normalized spacial score (nSPS) is 16.0. The SMILES string of the molecule is CCc1ccc(NC2=C[C@@H](c3ccc(Br)cc3)N(c3ccc(CC)cc3)C2=O)cc1. The van der Waals surface area contributed by atoms with Crippen molar-refractivity contribution in [1.82, 2.24) is 0 Å². The Morgan fingerprint density at radius 2 is 1.40 bits per heavy atom. The van der Waals surface area contributed by atoms with Crippen molar-refractivity contribution < 1.29 is 4.79 Å². The molecule has 0 spiro atoms. The van der Waals surface area contributed by atoms with E-state index in [1.165, 1.54) is 11.1 Å². The quantitative estimate of drug-likeness (QED) is 0.445. The number of nitrogens with one attached hydrogen (secondary N) is 1. The molecule has 0 aromatic heterocycles. The molecule has 1 atom stereocenters. The summed E-state index contributed by atoms with van der Waals surface area (Å²) in [6, 6.07) is 24.5. The predicted octanol–water partition coefficient (Wildman–Crippen LogP) is 6.66. The fourth-order valence-corrected chi connectivity index (χ4v) is 3.97. The average Bonchev–Trinajstić information content (AvgIpc) is 3.10. The maximum absolute atomic E-state index is 13.4. The smallest absolute Gasteiger partial charge is 0.275 e. The highest BCUT2D eigenvalue weighted by atomic mass is 79.9. The minimum atomic E-state index is -0.157. The summed E-state index contributed by atoms with van der Waals surface area (Å²) in [7, 11) is 0. The van der Waals surface area contributed by atoms with Gasteiger partial charge < -0.3 is 5.32 Å². The molecule has 4 heteroatoms. The van der Waals surface area contributed by atoms with E-state index < -0.39 is 0 Å². The average molecular weight is 461 g/mol. The van der Waals surface area contributed by atoms with Gasteiger partial charge in [0.25, 0.3) is 5.91 Å². The molecule has 0 saturated heterocycles. The summed E-state index contributed by atoms with van der Waals surface area (Å²) in [5, 5.41) is 3.34. The Labute approximate surface area is 186 Å². The predicted molar refractivity (Wildman–Crippen MR) is 128 cm³/mol. The molecular weight excluding hydrogens is 436 g/mol. The molecule has 30 heavy (non-hydrogen) atoms. The first-order valence-corrected chi connectivity index (χ1v) is 11.1. The van der Waals surface area contributed by atoms with Crippen LogP contribution in [0.15, 0.2) is 89.0 Å². The number of aryl methyl sites for hydroxylation is 2. The van der Waals surface area contributed by atoms with E-state index in [1.54, 1.807) is 0 Å². The second kappa shape index (κ2) is 8.88. The zero-order valence-corrected chi connectivity index (χ0v) is 18.8. The van der Waals surface area contributed by atoms with Gasteiger partial charge in [0.1, 0.15) is 5.70 Å². The lowest BCUT2D eigenvalue weighted by atomic mass is 10.1. The van der Waals surface area contributed by atoms with Gasteiger partial charge in [-0.3, -0.25) is 9.69 Å². The minimum Gasteiger partial charge on any atom is -0.351 e. The standard InChI is InChI=1S/C26H25BrN2O/c1-3-18-5-13-22(14-6-18)28-24-17-25(20-9-11-21(27)12-10-20)29(26(24)30)23-15-7-19(4-2)8-16-23/h5-17,25,28H,3-4H2,1-2H3/t25-/m0/s1. The van der Waals surface area contributed by atoms with E-state index in [4.69, 9.17) is 0 Å². The van der Waals surface area contributed by atoms with Crippen LogP contribution in [0.4, 0.5) is 11.4 Å². The summed E-state index contributed by atoms with van der Waals surface area (Å²) < 4.78 is 1.02. The van der Waals surface area contributed by atoms with Crippen molar-refractivity contribution in [2.45, 2.75) is 32.7 Å². The van der Waals surface area contributed by atoms with Gasteiger partial charge in [-0.05, 0) is 72.0 Å². The molecule has 3 nitrogen and oxygen atoms in total. The summed E-state index contributed by atoms with van der Waals surface area (Å²) in [5.74, 6) is -0.0215. The van der Waals surface area contributed by atoms with Crippen LogP contribution in [0, 0.1) is 0 Å². The van der Waals surface area contributed by atoms with Crippen LogP contribution in [0.3, 0.4) is 0 Å². The Morgan fingerprint density at radius 3 is 1.97 bits per heavy atom. The molecule has 1 amide bonds. The van der Waals surface area contributed by atoms with Crippen molar-refractivity contribution in [3.8, 4) is 0 Å². The van der Waals surface area contributed by atoms with E-state index >= 15 is 0 Å². The molecular formula is C26H25BrN2O. The summed E-state index contributed by atoms with van der Waals surface area (Å²) in [4.78, 5) is 15.3. The van der Waals surface area contributed by atoms with Gasteiger partial charge >= 0.3 is 0 Å². The van der Waals surface area contributed by atoms with Crippen molar-refractivity contribution in [1.29, 1.82) is 0 Å². The number of amides is 1. The van der Waals surface area contributed by atoms with E-state index in [1.807, 2.05) is 47.4 Å². The second-order valence-corrected chi connectivity index (χ2v) is 8.36. The van der Waals surface area contributed by atoms with E-state index in [2.05, 4.69) is 71.5 Å². The van der Waals surface area contributed by atoms with Gasteiger partial charge in [0.05, 0.1) is 6.04 Å². The lowest BCUT2D eigenvalue weighted by molar-refractivity contribution is -0.114. The fourth-order valence-electron chi connectivity index (χ4n) is 3.71. The molecule has 1 heterocycles. The molecule has 1 N–H and O–H groups in total. The lowest BCUT2D eigenvalue weighted by Gasteiger charge is -2.25. The highest BCUT2D eigenvalue weighted by molar-refractivity contribution is 9.10. The highest BCUT2D eigenvalue weighted by Gasteiger charge is 2.34. The van der Waals surface area contributed by atoms with Crippen molar-refractivity contribution in [2.75, 3.05) is 10.2 Å². The van der Waals surface area contributed by atoms with Crippen LogP contribution >= 0.6 is 15.9 Å². The number of carbonyl (C=O) groups is 1. The van der Waals surface area contributed by atoms with Crippen molar-refractivity contribution in [3.05, 3.63) is 106 Å². The summed E-state index contributed by atoms with van der Waals surface area (Å²) in [5.41, 5.74) is 6.03. The Hall–Kier alpha value is -2.85. The molecule has 3 aromatic carbocycles. The number of anilines is 2. The first-order valence-electron chi connectivity index (χ1n) is 10.3. The van der Waals surface area contributed by atoms with Gasteiger partial charge in [0.15, 0.2) is 0 Å². The third-order valence-electron chi connectivity index (χ3n) is 5.53. The van der Waals surface area contributed by atoms with Crippen LogP contribution in [0.25, 0.3) is 0 Å². The fraction of sp³-hybridized carbons (Fsp3) is 0.192. The maximum Gasteiger partial charge on any atom is 0.275 e. The molecule has 0 unspecified atom stereocenters. The first-order chi connectivity index (χ1) is 14.6. The molecule has 4 rings (SSSR count). The van der Waals surface area contributed by atoms with Crippen LogP contribution < -0.4 is 10.2 Å². The minimum absolute atomic E-state index is 0.0215. The number of rotatable bonds is 6. The van der Waals surface area contributed by atoms with Crippen LogP contribution in [0.1, 0.15) is 36.6 Å². The summed E-state index contributed by atoms with van der Waals surface area (Å²) in [6.45, 7) is 4.27. The van der Waals surface area contributed by atoms with Crippen LogP contribution in [0.2, 0.25) is 0 Å². The Kier molecular flexibility index (Phi) is 6.05. The Bertz CT molecular complexity index is 1050. The number of halogens is 1. The molecule has 0 fully saturated rings. The zero-order chi connectivity index (χ0) is 21.1. The van der Waals surface area contributed by atoms with Crippen LogP contribution in [0.5, 0.6) is 0 Å². The largest absolute Gasteiger partial charge is 0.351 e. The highest BCUT2D eigenvalue weighted by Crippen LogP contribution is 2.36. The van der Waals surface area contributed by atoms with Crippen LogP contribution in [-0.2, 0) is 17.6 Å². The number of nitrogens with zero attached hydrogens (tertiary/aromatic N) is 1. The molecule has 1 aliphatic rings. The topological polar surface area (TPSA) is 32.3 Å². The van der Waals surface area contributed by atoms with Gasteiger partial charge in [0.2, 0.25) is 0 Å². The van der Waals surface area contributed by atoms with Gasteiger partial charge in [-0.1, -0.05) is 66.2 Å². The Balaban J connectivity index is 1.68. The van der Waals surface area contributed by atoms with E-state index in [9.17, 15) is 4.79 Å². The molecule has 3 aromatic rings. The van der Waals surface area contributed by atoms with E-state index in [0.717, 1.165) is 34.3 Å². The third kappa shape index (κ3) is 4.19. The summed E-state index contributed by atoms with van der Waals surface area (Å²) in [6.07, 6.45) is 3.99. The molecule has 152 valence electrons. The number of hydrogen-bond acceptors (Lipinski definition) is 2. The lowest BCUT2D eigenvalue weighted by Crippen LogP contribution is -2.30. The monoisotopic (exact) mass is 460 g/mol. The number of benzene rings is 3. The van der Waals surface area contributed by atoms with Crippen molar-refractivity contribution >= 4 is 33.2 Å². The van der Waals surface area contributed by atoms with Gasteiger partial charge in [-0.2, -0.15) is 0 Å². The summed E-state index contributed by atoms with van der Waals surface area (Å²) >= 11 is 3.50. The number of carbonyl (C=O) groups excluding carboxylic acids is 1. The molecule has 0 saturated carbocycles. The number of hydrogen-bond donors (Lipinski definition) is 1. The van der Waals surface area contributed by atoms with Gasteiger partial charge in [-0.25, -0.2) is 0 Å².